The maximum atomic E-state index is 14.6. The molecule has 4 rings (SSSR count). The monoisotopic (exact) mass is 699 g/mol. The number of unbranched alkanes of at least 4 members (excludes halogenated alkanes) is 1. The van der Waals surface area contributed by atoms with Crippen LogP contribution >= 0.6 is 34.8 Å². The minimum Gasteiger partial charge on any atom is -0.354 e. The number of carbonyl (C=O) groups is 2. The summed E-state index contributed by atoms with van der Waals surface area (Å²) in [6.45, 7) is 3.59. The Bertz CT molecular complexity index is 1750. The average molecular weight is 701 g/mol. The number of aryl methyl sites for hydroxylation is 1. The zero-order valence-electron chi connectivity index (χ0n) is 25.6. The average Bonchev–Trinajstić information content (AvgIpc) is 3.04. The highest BCUT2D eigenvalue weighted by Gasteiger charge is 2.35. The largest absolute Gasteiger partial charge is 0.354 e. The zero-order chi connectivity index (χ0) is 33.3. The molecule has 242 valence electrons. The third-order valence-electron chi connectivity index (χ3n) is 7.46. The second kappa shape index (κ2) is 16.3. The van der Waals surface area contributed by atoms with E-state index in [0.29, 0.717) is 17.1 Å². The summed E-state index contributed by atoms with van der Waals surface area (Å²) in [6.07, 6.45) is 1.83. The highest BCUT2D eigenvalue weighted by Crippen LogP contribution is 2.33. The van der Waals surface area contributed by atoms with Crippen LogP contribution in [0.4, 0.5) is 5.69 Å². The van der Waals surface area contributed by atoms with E-state index < -0.39 is 28.5 Å². The van der Waals surface area contributed by atoms with Crippen LogP contribution < -0.4 is 9.62 Å². The standard InChI is InChI=1S/C35H36Cl3N3O4S/c1-3-4-20-39-35(43)33(21-26-10-6-5-7-11-26)40(23-27-12-8-9-13-30(27)37)34(42)24-41(32-22-28(36)16-19-31(32)38)46(44,45)29-17-14-25(2)15-18-29/h5-19,22,33H,3-4,20-21,23-24H2,1-2H3,(H,39,43). The van der Waals surface area contributed by atoms with E-state index in [4.69, 9.17) is 34.8 Å². The molecule has 4 aromatic carbocycles. The summed E-state index contributed by atoms with van der Waals surface area (Å²) in [5.74, 6) is -0.982. The normalized spacial score (nSPS) is 11.9. The lowest BCUT2D eigenvalue weighted by Crippen LogP contribution is -2.53. The minimum absolute atomic E-state index is 0.0299. The van der Waals surface area contributed by atoms with Crippen LogP contribution in [0.3, 0.4) is 0 Å². The Kier molecular flexibility index (Phi) is 12.5. The van der Waals surface area contributed by atoms with E-state index in [2.05, 4.69) is 5.32 Å². The summed E-state index contributed by atoms with van der Waals surface area (Å²) in [5.41, 5.74) is 2.33. The van der Waals surface area contributed by atoms with Gasteiger partial charge in [-0.3, -0.25) is 13.9 Å². The maximum Gasteiger partial charge on any atom is 0.264 e. The Labute approximate surface area is 286 Å². The Morgan fingerprint density at radius 2 is 1.52 bits per heavy atom. The molecule has 0 fully saturated rings. The van der Waals surface area contributed by atoms with Crippen LogP contribution in [-0.2, 0) is 32.6 Å². The molecule has 7 nitrogen and oxygen atoms in total. The number of nitrogens with zero attached hydrogens (tertiary/aromatic N) is 2. The predicted molar refractivity (Wildman–Crippen MR) is 186 cm³/mol. The fraction of sp³-hybridized carbons (Fsp3) is 0.257. The molecule has 46 heavy (non-hydrogen) atoms. The van der Waals surface area contributed by atoms with Crippen molar-refractivity contribution in [3.8, 4) is 0 Å². The van der Waals surface area contributed by atoms with Crippen LogP contribution in [0.15, 0.2) is 102 Å². The number of sulfonamides is 1. The molecule has 1 unspecified atom stereocenters. The van der Waals surface area contributed by atoms with Gasteiger partial charge in [-0.25, -0.2) is 8.42 Å². The Morgan fingerprint density at radius 1 is 0.848 bits per heavy atom. The fourth-order valence-electron chi connectivity index (χ4n) is 4.90. The lowest BCUT2D eigenvalue weighted by Gasteiger charge is -2.34. The molecule has 11 heteroatoms. The molecule has 0 radical (unpaired) electrons. The molecule has 0 aromatic heterocycles. The number of rotatable bonds is 14. The first-order valence-electron chi connectivity index (χ1n) is 14.9. The van der Waals surface area contributed by atoms with Gasteiger partial charge in [-0.05, 0) is 60.9 Å². The molecular formula is C35H36Cl3N3O4S. The summed E-state index contributed by atoms with van der Waals surface area (Å²) < 4.78 is 29.3. The molecule has 0 saturated carbocycles. The zero-order valence-corrected chi connectivity index (χ0v) is 28.7. The van der Waals surface area contributed by atoms with Gasteiger partial charge in [0.15, 0.2) is 0 Å². The number of hydrogen-bond acceptors (Lipinski definition) is 4. The summed E-state index contributed by atoms with van der Waals surface area (Å²) in [5, 5.41) is 3.70. The SMILES string of the molecule is CCCCNC(=O)C(Cc1ccccc1)N(Cc1ccccc1Cl)C(=O)CN(c1cc(Cl)ccc1Cl)S(=O)(=O)c1ccc(C)cc1. The van der Waals surface area contributed by atoms with Crippen LogP contribution in [0.5, 0.6) is 0 Å². The lowest BCUT2D eigenvalue weighted by atomic mass is 10.0. The van der Waals surface area contributed by atoms with Crippen LogP contribution in [0, 0.1) is 6.92 Å². The van der Waals surface area contributed by atoms with E-state index >= 15 is 0 Å². The van der Waals surface area contributed by atoms with Crippen molar-refractivity contribution in [3.05, 3.63) is 129 Å². The Balaban J connectivity index is 1.83. The van der Waals surface area contributed by atoms with E-state index in [0.717, 1.165) is 28.3 Å². The topological polar surface area (TPSA) is 86.8 Å². The Hall–Kier alpha value is -3.56. The van der Waals surface area contributed by atoms with E-state index in [1.165, 1.54) is 35.2 Å². The number of carbonyl (C=O) groups excluding carboxylic acids is 2. The molecule has 0 heterocycles. The van der Waals surface area contributed by atoms with Gasteiger partial charge in [0.2, 0.25) is 11.8 Å². The molecule has 0 spiro atoms. The van der Waals surface area contributed by atoms with Gasteiger partial charge in [-0.15, -0.1) is 0 Å². The van der Waals surface area contributed by atoms with Crippen molar-refractivity contribution in [1.82, 2.24) is 10.2 Å². The highest BCUT2D eigenvalue weighted by molar-refractivity contribution is 7.92. The van der Waals surface area contributed by atoms with Gasteiger partial charge in [0.25, 0.3) is 10.0 Å². The molecule has 0 aliphatic carbocycles. The van der Waals surface area contributed by atoms with Crippen LogP contribution in [0.1, 0.15) is 36.5 Å². The molecule has 0 bridgehead atoms. The predicted octanol–water partition coefficient (Wildman–Crippen LogP) is 7.71. The van der Waals surface area contributed by atoms with Gasteiger partial charge >= 0.3 is 0 Å². The number of hydrogen-bond donors (Lipinski definition) is 1. The van der Waals surface area contributed by atoms with Gasteiger partial charge in [0.05, 0.1) is 15.6 Å². The maximum absolute atomic E-state index is 14.6. The highest BCUT2D eigenvalue weighted by atomic mass is 35.5. The van der Waals surface area contributed by atoms with Crippen LogP contribution in [-0.4, -0.2) is 44.3 Å². The van der Waals surface area contributed by atoms with E-state index in [1.54, 1.807) is 36.4 Å². The molecule has 2 amide bonds. The first-order chi connectivity index (χ1) is 22.0. The van der Waals surface area contributed by atoms with Crippen molar-refractivity contribution in [2.75, 3.05) is 17.4 Å². The van der Waals surface area contributed by atoms with Crippen molar-refractivity contribution < 1.29 is 18.0 Å². The lowest BCUT2D eigenvalue weighted by molar-refractivity contribution is -0.140. The van der Waals surface area contributed by atoms with E-state index in [-0.39, 0.29) is 39.5 Å². The van der Waals surface area contributed by atoms with Crippen molar-refractivity contribution in [2.24, 2.45) is 0 Å². The minimum atomic E-state index is -4.33. The van der Waals surface area contributed by atoms with Gasteiger partial charge in [0.1, 0.15) is 12.6 Å². The van der Waals surface area contributed by atoms with Crippen molar-refractivity contribution in [1.29, 1.82) is 0 Å². The first kappa shape index (κ1) is 35.3. The summed E-state index contributed by atoms with van der Waals surface area (Å²) in [6, 6.07) is 26.1. The van der Waals surface area contributed by atoms with Crippen LogP contribution in [0.25, 0.3) is 0 Å². The molecule has 0 aliphatic heterocycles. The summed E-state index contributed by atoms with van der Waals surface area (Å²) in [4.78, 5) is 29.8. The molecule has 1 atom stereocenters. The van der Waals surface area contributed by atoms with Gasteiger partial charge in [0, 0.05) is 29.6 Å². The van der Waals surface area contributed by atoms with Gasteiger partial charge in [-0.2, -0.15) is 0 Å². The molecule has 0 aliphatic rings. The van der Waals surface area contributed by atoms with Crippen molar-refractivity contribution >= 4 is 62.3 Å². The number of benzene rings is 4. The third kappa shape index (κ3) is 9.04. The van der Waals surface area contributed by atoms with E-state index in [1.807, 2.05) is 44.2 Å². The molecule has 0 saturated heterocycles. The third-order valence-corrected chi connectivity index (χ3v) is 10.2. The van der Waals surface area contributed by atoms with Crippen molar-refractivity contribution in [3.63, 3.8) is 0 Å². The summed E-state index contributed by atoms with van der Waals surface area (Å²) in [7, 11) is -4.33. The number of halogens is 3. The smallest absolute Gasteiger partial charge is 0.264 e. The number of amides is 2. The Morgan fingerprint density at radius 3 is 2.20 bits per heavy atom. The summed E-state index contributed by atoms with van der Waals surface area (Å²) >= 11 is 19.4. The van der Waals surface area contributed by atoms with Crippen molar-refractivity contribution in [2.45, 2.75) is 50.6 Å². The fourth-order valence-corrected chi connectivity index (χ4v) is 6.95. The quantitative estimate of drug-likeness (QED) is 0.137. The van der Waals surface area contributed by atoms with E-state index in [9.17, 15) is 18.0 Å². The van der Waals surface area contributed by atoms with Crippen LogP contribution in [0.2, 0.25) is 15.1 Å². The second-order valence-corrected chi connectivity index (χ2v) is 14.0. The number of nitrogens with one attached hydrogen (secondary N) is 1. The first-order valence-corrected chi connectivity index (χ1v) is 17.5. The van der Waals surface area contributed by atoms with Gasteiger partial charge < -0.3 is 10.2 Å². The number of anilines is 1. The van der Waals surface area contributed by atoms with Gasteiger partial charge in [-0.1, -0.05) is 114 Å². The molecule has 1 N–H and O–H groups in total. The molecule has 4 aromatic rings. The second-order valence-electron chi connectivity index (χ2n) is 10.9. The molecular weight excluding hydrogens is 665 g/mol.